The second-order valence-corrected chi connectivity index (χ2v) is 34.8. The van der Waals surface area contributed by atoms with Crippen LogP contribution in [0.25, 0.3) is 89.9 Å². The minimum atomic E-state index is -0.238. The average molecular weight is 1560 g/mol. The van der Waals surface area contributed by atoms with Crippen LogP contribution in [-0.2, 0) is 12.8 Å². The molecule has 12 aromatic carbocycles. The molecule has 2 aromatic heterocycles. The normalized spacial score (nSPS) is 20.0. The van der Waals surface area contributed by atoms with Crippen LogP contribution < -0.4 is 5.32 Å². The molecule has 0 saturated heterocycles. The van der Waals surface area contributed by atoms with Crippen molar-refractivity contribution < 1.29 is 0 Å². The summed E-state index contributed by atoms with van der Waals surface area (Å²) in [5.74, 6) is 1.55. The van der Waals surface area contributed by atoms with Crippen LogP contribution in [-0.4, -0.2) is 15.0 Å². The first-order valence-corrected chi connectivity index (χ1v) is 44.0. The maximum absolute atomic E-state index is 5.55. The third-order valence-electron chi connectivity index (χ3n) is 28.0. The molecular weight excluding hydrogens is 1460 g/mol. The van der Waals surface area contributed by atoms with E-state index in [-0.39, 0.29) is 23.7 Å². The average Bonchev–Trinajstić information content (AvgIpc) is 1.60. The highest BCUT2D eigenvalue weighted by molar-refractivity contribution is 6.09. The van der Waals surface area contributed by atoms with E-state index in [1.807, 2.05) is 0 Å². The Morgan fingerprint density at radius 3 is 1.92 bits per heavy atom. The van der Waals surface area contributed by atoms with Crippen LogP contribution in [0, 0.1) is 5.92 Å². The number of amidine groups is 1. The zero-order chi connectivity index (χ0) is 80.2. The zero-order valence-corrected chi connectivity index (χ0v) is 68.5. The van der Waals surface area contributed by atoms with Crippen molar-refractivity contribution in [1.82, 2.24) is 9.13 Å². The van der Waals surface area contributed by atoms with Gasteiger partial charge in [0.2, 0.25) is 0 Å². The highest BCUT2D eigenvalue weighted by Gasteiger charge is 2.43. The summed E-state index contributed by atoms with van der Waals surface area (Å²) in [5.41, 5.74) is 44.0. The van der Waals surface area contributed by atoms with Crippen LogP contribution in [0.1, 0.15) is 184 Å². The van der Waals surface area contributed by atoms with Crippen LogP contribution in [0.4, 0.5) is 5.69 Å². The van der Waals surface area contributed by atoms with Gasteiger partial charge in [0.05, 0.1) is 16.7 Å². The lowest BCUT2D eigenvalue weighted by Gasteiger charge is -2.31. The van der Waals surface area contributed by atoms with E-state index >= 15 is 0 Å². The van der Waals surface area contributed by atoms with Crippen LogP contribution in [0.15, 0.2) is 397 Å². The Morgan fingerprint density at radius 2 is 1.12 bits per heavy atom. The number of para-hydroxylation sites is 3. The number of nitrogens with zero attached hydrogens (tertiary/aromatic N) is 3. The van der Waals surface area contributed by atoms with Gasteiger partial charge in [0, 0.05) is 74.4 Å². The number of nitrogens with one attached hydrogen (secondary N) is 1. The number of allylic oxidation sites excluding steroid dienone is 20. The van der Waals surface area contributed by atoms with Crippen molar-refractivity contribution in [1.29, 1.82) is 0 Å². The topological polar surface area (TPSA) is 34.2 Å². The summed E-state index contributed by atoms with van der Waals surface area (Å²) in [6.45, 7) is 4.52. The summed E-state index contributed by atoms with van der Waals surface area (Å²) in [4.78, 5) is 5.55. The van der Waals surface area contributed by atoms with Gasteiger partial charge in [-0.05, 0) is 296 Å². The summed E-state index contributed by atoms with van der Waals surface area (Å²) < 4.78 is 5.01. The van der Waals surface area contributed by atoms with Gasteiger partial charge in [-0.25, -0.2) is 4.99 Å². The molecule has 0 fully saturated rings. The summed E-state index contributed by atoms with van der Waals surface area (Å²) in [5, 5.41) is 6.66. The molecule has 7 atom stereocenters. The van der Waals surface area contributed by atoms with Crippen molar-refractivity contribution in [2.24, 2.45) is 10.9 Å². The molecule has 7 unspecified atom stereocenters. The maximum Gasteiger partial charge on any atom is 0.137 e. The summed E-state index contributed by atoms with van der Waals surface area (Å²) >= 11 is 0. The number of aryl methyl sites for hydroxylation is 2. The molecule has 0 radical (unpaired) electrons. The molecule has 14 aromatic rings. The fourth-order valence-corrected chi connectivity index (χ4v) is 22.5. The van der Waals surface area contributed by atoms with Crippen molar-refractivity contribution in [3.05, 3.63) is 481 Å². The third kappa shape index (κ3) is 12.7. The lowest BCUT2D eigenvalue weighted by Crippen LogP contribution is -2.16. The molecule has 9 aliphatic carbocycles. The number of aromatic nitrogens is 2. The van der Waals surface area contributed by atoms with Crippen molar-refractivity contribution in [3.8, 4) is 44.8 Å². The van der Waals surface area contributed by atoms with Gasteiger partial charge in [0.1, 0.15) is 5.84 Å². The number of aliphatic imine (C=N–C) groups is 1. The van der Waals surface area contributed by atoms with E-state index in [0.717, 1.165) is 86.3 Å². The Bertz CT molecular complexity index is 6970. The molecule has 0 spiro atoms. The molecule has 582 valence electrons. The van der Waals surface area contributed by atoms with E-state index < -0.39 is 0 Å². The van der Waals surface area contributed by atoms with Crippen LogP contribution >= 0.6 is 0 Å². The standard InChI is InChI=1S/C117H94N4/c1-74-30-29-49-101-99-59-54-81(72-106(99)114(112(74)101)78-35-13-5-14-36-78)85-65-86(92-61-63-111-115(92)103-48-26-28-51-109(103)121(111)91-41-19-8-20-42-91)69-88(68-85)113(116-102-47-24-23-45-95(102)98-60-56-89(73-107(98)116)119-117(79-37-15-6-16-38-79)118-75(2)77-33-11-4-12-34-77)87-66-83(80-53-58-97-94-44-22-21-43-93(94)96(104(97)70-80)57-52-76-31-9-3-10-32-76)64-84(67-87)82-55-62-110-105(71-82)100-46-25-27-50-108(100)120(110)90-39-17-7-18-40-90/h3-22,24,26-28,30-33,35-44,47-48,50-51,53-56,58-73,92-94,96,113-114,116H,23,25,29,34,45-46,49,52,57H2,1-2H3,(H,118,119)/b77-75+. The predicted molar refractivity (Wildman–Crippen MR) is 506 cm³/mol. The molecular formula is C117H94N4. The lowest BCUT2D eigenvalue weighted by atomic mass is 9.72. The number of benzene rings is 12. The number of hydrogen-bond donors (Lipinski definition) is 1. The molecule has 9 aliphatic rings. The molecule has 0 bridgehead atoms. The maximum atomic E-state index is 5.55. The van der Waals surface area contributed by atoms with Gasteiger partial charge in [-0.2, -0.15) is 0 Å². The molecule has 4 heteroatoms. The highest BCUT2D eigenvalue weighted by Crippen LogP contribution is 2.59. The van der Waals surface area contributed by atoms with E-state index in [0.29, 0.717) is 17.8 Å². The van der Waals surface area contributed by atoms with Crippen LogP contribution in [0.2, 0.25) is 0 Å². The Kier molecular flexibility index (Phi) is 18.2. The number of rotatable bonds is 16. The SMILES string of the molecule is CC1=CCCC2=C1C(c1ccccc1)c1cc(-c3cc(C4C=Cc5c4c4ccccc4n5-c4ccccc4)cc(C(c4cc(-c5ccc6c(c5)C(CCc5ccccc5)C5C=CC=CC65)cc(-c5ccc6c(c5)c5c(n6-c6ccccc6)C=CCC5)c4)C4C5=C(CCC=C5)c5ccc(NC(=N/C(C)=C6\C=CC=CC6)c6ccccc6)cc54)c3)ccc12. The molecule has 121 heavy (non-hydrogen) atoms. The molecule has 4 nitrogen and oxygen atoms in total. The van der Waals surface area contributed by atoms with Gasteiger partial charge < -0.3 is 14.5 Å². The molecule has 1 N–H and O–H groups in total. The smallest absolute Gasteiger partial charge is 0.137 e. The molecule has 0 saturated carbocycles. The van der Waals surface area contributed by atoms with Crippen LogP contribution in [0.3, 0.4) is 0 Å². The van der Waals surface area contributed by atoms with Crippen molar-refractivity contribution >= 4 is 56.6 Å². The second-order valence-electron chi connectivity index (χ2n) is 34.8. The number of anilines is 1. The van der Waals surface area contributed by atoms with Crippen LogP contribution in [0.5, 0.6) is 0 Å². The van der Waals surface area contributed by atoms with Gasteiger partial charge in [-0.15, -0.1) is 0 Å². The van der Waals surface area contributed by atoms with Crippen molar-refractivity contribution in [2.45, 2.75) is 107 Å². The Hall–Kier alpha value is -13.7. The van der Waals surface area contributed by atoms with Gasteiger partial charge in [-0.3, -0.25) is 0 Å². The Morgan fingerprint density at radius 1 is 0.471 bits per heavy atom. The molecule has 23 rings (SSSR count). The predicted octanol–water partition coefficient (Wildman–Crippen LogP) is 29.6. The quantitative estimate of drug-likeness (QED) is 0.0759. The zero-order valence-electron chi connectivity index (χ0n) is 68.5. The molecule has 0 aliphatic heterocycles. The van der Waals surface area contributed by atoms with E-state index in [4.69, 9.17) is 4.99 Å². The minimum absolute atomic E-state index is 0.0741. The van der Waals surface area contributed by atoms with Gasteiger partial charge in [0.25, 0.3) is 0 Å². The third-order valence-corrected chi connectivity index (χ3v) is 28.0. The lowest BCUT2D eigenvalue weighted by molar-refractivity contribution is 0.483. The van der Waals surface area contributed by atoms with Gasteiger partial charge in [-0.1, -0.05) is 303 Å². The van der Waals surface area contributed by atoms with E-state index in [9.17, 15) is 0 Å². The van der Waals surface area contributed by atoms with E-state index in [1.165, 1.54) is 178 Å². The van der Waals surface area contributed by atoms with Crippen molar-refractivity contribution in [2.75, 3.05) is 5.32 Å². The van der Waals surface area contributed by atoms with E-state index in [2.05, 4.69) is 405 Å². The molecule has 2 heterocycles. The van der Waals surface area contributed by atoms with Crippen molar-refractivity contribution in [3.63, 3.8) is 0 Å². The van der Waals surface area contributed by atoms with E-state index in [1.54, 1.807) is 0 Å². The Balaban J connectivity index is 0.789. The number of fused-ring (bicyclic) bond motifs is 13. The number of hydrogen-bond acceptors (Lipinski definition) is 1. The minimum Gasteiger partial charge on any atom is -0.340 e. The summed E-state index contributed by atoms with van der Waals surface area (Å²) in [6.07, 6.45) is 44.4. The highest BCUT2D eigenvalue weighted by atomic mass is 15.0. The Labute approximate surface area is 710 Å². The van der Waals surface area contributed by atoms with Gasteiger partial charge in [0.15, 0.2) is 0 Å². The largest absolute Gasteiger partial charge is 0.340 e. The first-order valence-electron chi connectivity index (χ1n) is 44.0. The fraction of sp³-hybridized carbons (Fsp3) is 0.154. The van der Waals surface area contributed by atoms with Gasteiger partial charge >= 0.3 is 0 Å². The summed E-state index contributed by atoms with van der Waals surface area (Å²) in [6, 6.07) is 110. The first-order chi connectivity index (χ1) is 59.8. The summed E-state index contributed by atoms with van der Waals surface area (Å²) in [7, 11) is 0. The monoisotopic (exact) mass is 1550 g/mol. The fourth-order valence-electron chi connectivity index (χ4n) is 22.5. The molecule has 0 amide bonds. The second kappa shape index (κ2) is 30.3. The first kappa shape index (κ1) is 72.5.